The maximum atomic E-state index is 12.1. The van der Waals surface area contributed by atoms with Gasteiger partial charge in [0, 0.05) is 24.0 Å². The Hall–Kier alpha value is -1.99. The van der Waals surface area contributed by atoms with Crippen LogP contribution in [0.5, 0.6) is 0 Å². The lowest BCUT2D eigenvalue weighted by atomic mass is 10.00. The normalized spacial score (nSPS) is 15.1. The van der Waals surface area contributed by atoms with E-state index in [1.165, 1.54) is 11.3 Å². The number of hydrogen-bond acceptors (Lipinski definition) is 6. The Morgan fingerprint density at radius 1 is 1.33 bits per heavy atom. The molecule has 0 aromatic carbocycles. The number of carbonyl (C=O) groups is 1. The second kappa shape index (κ2) is 5.09. The number of hydrogen-bond donors (Lipinski definition) is 0. The summed E-state index contributed by atoms with van der Waals surface area (Å²) in [5, 5.41) is 9.88. The third-order valence-electron chi connectivity index (χ3n) is 3.47. The number of rotatable bonds is 3. The molecule has 0 N–H and O–H groups in total. The standard InChI is InChI=1S/C14H11N3O2S2/c18-14(11-2-1-4-21-11)17-6-10(7-17)13-15-12(16-19-13)9-3-5-20-8-9/h1-5,8,10H,6-7H2. The Morgan fingerprint density at radius 2 is 2.24 bits per heavy atom. The first-order valence-corrected chi connectivity index (χ1v) is 8.32. The van der Waals surface area contributed by atoms with Gasteiger partial charge in [-0.3, -0.25) is 4.79 Å². The van der Waals surface area contributed by atoms with Crippen LogP contribution in [0.25, 0.3) is 11.4 Å². The van der Waals surface area contributed by atoms with E-state index in [0.717, 1.165) is 10.4 Å². The summed E-state index contributed by atoms with van der Waals surface area (Å²) in [4.78, 5) is 19.1. The first kappa shape index (κ1) is 12.7. The van der Waals surface area contributed by atoms with Crippen LogP contribution in [0.1, 0.15) is 21.5 Å². The molecule has 3 aromatic rings. The Balaban J connectivity index is 1.43. The van der Waals surface area contributed by atoms with E-state index in [0.29, 0.717) is 24.8 Å². The van der Waals surface area contributed by atoms with E-state index < -0.39 is 0 Å². The van der Waals surface area contributed by atoms with E-state index in [-0.39, 0.29) is 11.8 Å². The van der Waals surface area contributed by atoms with Crippen molar-refractivity contribution in [3.05, 3.63) is 45.1 Å². The van der Waals surface area contributed by atoms with Gasteiger partial charge in [-0.2, -0.15) is 16.3 Å². The second-order valence-electron chi connectivity index (χ2n) is 4.85. The molecule has 0 unspecified atom stereocenters. The molecule has 0 aliphatic carbocycles. The molecule has 1 fully saturated rings. The lowest BCUT2D eigenvalue weighted by Gasteiger charge is -2.36. The average molecular weight is 317 g/mol. The molecule has 7 heteroatoms. The summed E-state index contributed by atoms with van der Waals surface area (Å²) in [6.07, 6.45) is 0. The van der Waals surface area contributed by atoms with Crippen LogP contribution in [-0.2, 0) is 0 Å². The Labute approximate surface area is 128 Å². The van der Waals surface area contributed by atoms with Gasteiger partial charge in [0.2, 0.25) is 11.7 Å². The first-order chi connectivity index (χ1) is 10.3. The van der Waals surface area contributed by atoms with Crippen molar-refractivity contribution in [1.82, 2.24) is 15.0 Å². The van der Waals surface area contributed by atoms with Crippen molar-refractivity contribution in [2.75, 3.05) is 13.1 Å². The van der Waals surface area contributed by atoms with Gasteiger partial charge in [0.1, 0.15) is 0 Å². The SMILES string of the molecule is O=C(c1cccs1)N1CC(c2nc(-c3ccsc3)no2)C1. The van der Waals surface area contributed by atoms with Crippen LogP contribution in [0.15, 0.2) is 38.9 Å². The summed E-state index contributed by atoms with van der Waals surface area (Å²) < 4.78 is 5.32. The summed E-state index contributed by atoms with van der Waals surface area (Å²) in [7, 11) is 0. The van der Waals surface area contributed by atoms with Gasteiger partial charge in [-0.1, -0.05) is 11.2 Å². The predicted octanol–water partition coefficient (Wildman–Crippen LogP) is 3.10. The van der Waals surface area contributed by atoms with Crippen LogP contribution in [-0.4, -0.2) is 34.0 Å². The van der Waals surface area contributed by atoms with E-state index in [9.17, 15) is 4.79 Å². The zero-order valence-electron chi connectivity index (χ0n) is 10.9. The highest BCUT2D eigenvalue weighted by atomic mass is 32.1. The number of carbonyl (C=O) groups excluding carboxylic acids is 1. The van der Waals surface area contributed by atoms with Gasteiger partial charge in [0.25, 0.3) is 5.91 Å². The number of nitrogens with zero attached hydrogens (tertiary/aromatic N) is 3. The van der Waals surface area contributed by atoms with Crippen LogP contribution in [0.3, 0.4) is 0 Å². The van der Waals surface area contributed by atoms with Crippen LogP contribution >= 0.6 is 22.7 Å². The van der Waals surface area contributed by atoms with Gasteiger partial charge < -0.3 is 9.42 Å². The van der Waals surface area contributed by atoms with Crippen molar-refractivity contribution in [2.45, 2.75) is 5.92 Å². The molecule has 3 aromatic heterocycles. The average Bonchev–Trinajstić information content (AvgIpc) is 3.19. The summed E-state index contributed by atoms with van der Waals surface area (Å²) in [6.45, 7) is 1.28. The highest BCUT2D eigenvalue weighted by Crippen LogP contribution is 2.29. The Morgan fingerprint density at radius 3 is 2.95 bits per heavy atom. The number of likely N-dealkylation sites (tertiary alicyclic amines) is 1. The van der Waals surface area contributed by atoms with Crippen LogP contribution in [0.4, 0.5) is 0 Å². The lowest BCUT2D eigenvalue weighted by molar-refractivity contribution is 0.0574. The van der Waals surface area contributed by atoms with E-state index in [4.69, 9.17) is 4.52 Å². The molecule has 106 valence electrons. The highest BCUT2D eigenvalue weighted by Gasteiger charge is 2.36. The smallest absolute Gasteiger partial charge is 0.263 e. The molecular formula is C14H11N3O2S2. The van der Waals surface area contributed by atoms with Gasteiger partial charge in [0.05, 0.1) is 10.8 Å². The number of aromatic nitrogens is 2. The van der Waals surface area contributed by atoms with Gasteiger partial charge >= 0.3 is 0 Å². The van der Waals surface area contributed by atoms with Crippen LogP contribution in [0, 0.1) is 0 Å². The topological polar surface area (TPSA) is 59.2 Å². The largest absolute Gasteiger partial charge is 0.339 e. The molecule has 0 spiro atoms. The number of thiophene rings is 2. The molecule has 0 saturated carbocycles. The zero-order valence-corrected chi connectivity index (χ0v) is 12.6. The maximum Gasteiger partial charge on any atom is 0.263 e. The molecule has 1 saturated heterocycles. The minimum atomic E-state index is 0.0822. The van der Waals surface area contributed by atoms with Crippen molar-refractivity contribution in [2.24, 2.45) is 0 Å². The van der Waals surface area contributed by atoms with Crippen molar-refractivity contribution >= 4 is 28.6 Å². The molecule has 1 amide bonds. The molecule has 5 nitrogen and oxygen atoms in total. The predicted molar refractivity (Wildman–Crippen MR) is 80.6 cm³/mol. The molecular weight excluding hydrogens is 306 g/mol. The second-order valence-corrected chi connectivity index (χ2v) is 6.58. The summed E-state index contributed by atoms with van der Waals surface area (Å²) >= 11 is 3.07. The summed E-state index contributed by atoms with van der Waals surface area (Å²) in [6, 6.07) is 5.70. The van der Waals surface area contributed by atoms with Crippen LogP contribution in [0.2, 0.25) is 0 Å². The van der Waals surface area contributed by atoms with Gasteiger partial charge in [-0.25, -0.2) is 0 Å². The van der Waals surface area contributed by atoms with Crippen molar-refractivity contribution < 1.29 is 9.32 Å². The van der Waals surface area contributed by atoms with Crippen molar-refractivity contribution in [3.8, 4) is 11.4 Å². The molecule has 0 radical (unpaired) electrons. The fourth-order valence-electron chi connectivity index (χ4n) is 2.27. The molecule has 0 atom stereocenters. The zero-order chi connectivity index (χ0) is 14.2. The molecule has 21 heavy (non-hydrogen) atoms. The summed E-state index contributed by atoms with van der Waals surface area (Å²) in [5.41, 5.74) is 0.973. The van der Waals surface area contributed by atoms with Crippen LogP contribution < -0.4 is 0 Å². The van der Waals surface area contributed by atoms with E-state index in [2.05, 4.69) is 10.1 Å². The van der Waals surface area contributed by atoms with E-state index in [1.54, 1.807) is 11.3 Å². The maximum absolute atomic E-state index is 12.1. The molecule has 1 aliphatic heterocycles. The monoisotopic (exact) mass is 317 g/mol. The van der Waals surface area contributed by atoms with E-state index in [1.807, 2.05) is 39.2 Å². The molecule has 1 aliphatic rings. The molecule has 4 heterocycles. The fourth-order valence-corrected chi connectivity index (χ4v) is 3.59. The van der Waals surface area contributed by atoms with E-state index >= 15 is 0 Å². The van der Waals surface area contributed by atoms with Crippen molar-refractivity contribution in [3.63, 3.8) is 0 Å². The van der Waals surface area contributed by atoms with Gasteiger partial charge in [-0.15, -0.1) is 11.3 Å². The van der Waals surface area contributed by atoms with Gasteiger partial charge in [0.15, 0.2) is 0 Å². The third kappa shape index (κ3) is 2.28. The number of amides is 1. The highest BCUT2D eigenvalue weighted by molar-refractivity contribution is 7.12. The third-order valence-corrected chi connectivity index (χ3v) is 5.01. The fraction of sp³-hybridized carbons (Fsp3) is 0.214. The first-order valence-electron chi connectivity index (χ1n) is 6.50. The minimum absolute atomic E-state index is 0.0822. The summed E-state index contributed by atoms with van der Waals surface area (Å²) in [5.74, 6) is 1.47. The Bertz CT molecular complexity index is 743. The quantitative estimate of drug-likeness (QED) is 0.745. The molecule has 4 rings (SSSR count). The lowest BCUT2D eigenvalue weighted by Crippen LogP contribution is -2.48. The molecule has 0 bridgehead atoms. The Kier molecular flexibility index (Phi) is 3.08. The van der Waals surface area contributed by atoms with Gasteiger partial charge in [-0.05, 0) is 22.9 Å². The van der Waals surface area contributed by atoms with Crippen molar-refractivity contribution in [1.29, 1.82) is 0 Å². The minimum Gasteiger partial charge on any atom is -0.339 e.